The molecule has 1 heteroatoms. The molecule has 1 N–H and O–H groups in total. The first-order valence-corrected chi connectivity index (χ1v) is 6.06. The Morgan fingerprint density at radius 1 is 1.00 bits per heavy atom. The van der Waals surface area contributed by atoms with E-state index in [9.17, 15) is 5.11 Å². The van der Waals surface area contributed by atoms with Crippen LogP contribution in [0.1, 0.15) is 29.2 Å². The number of benzene rings is 2. The minimum Gasteiger partial charge on any atom is -0.508 e. The van der Waals surface area contributed by atoms with Gasteiger partial charge in [0.1, 0.15) is 5.75 Å². The predicted octanol–water partition coefficient (Wildman–Crippen LogP) is 3.85. The second-order valence-electron chi connectivity index (χ2n) is 4.42. The molecule has 0 aliphatic carbocycles. The van der Waals surface area contributed by atoms with Crippen LogP contribution in [0.4, 0.5) is 0 Å². The fourth-order valence-electron chi connectivity index (χ4n) is 2.01. The molecule has 2 rings (SSSR count). The van der Waals surface area contributed by atoms with Crippen molar-refractivity contribution in [1.29, 1.82) is 0 Å². The zero-order valence-electron chi connectivity index (χ0n) is 10.4. The van der Waals surface area contributed by atoms with Crippen molar-refractivity contribution in [3.8, 4) is 5.75 Å². The molecule has 0 spiro atoms. The van der Waals surface area contributed by atoms with Crippen LogP contribution < -0.4 is 0 Å². The van der Waals surface area contributed by atoms with Crippen LogP contribution in [0, 0.1) is 6.92 Å². The van der Waals surface area contributed by atoms with Gasteiger partial charge in [0, 0.05) is 6.42 Å². The summed E-state index contributed by atoms with van der Waals surface area (Å²) in [6, 6.07) is 14.2. The molecular formula is C16H18O. The number of rotatable bonds is 3. The van der Waals surface area contributed by atoms with Gasteiger partial charge in [-0.15, -0.1) is 0 Å². The normalized spacial score (nSPS) is 10.5. The number of aromatic hydroxyl groups is 1. The van der Waals surface area contributed by atoms with Crippen LogP contribution in [0.15, 0.2) is 42.5 Å². The Bertz CT molecular complexity index is 515. The lowest BCUT2D eigenvalue weighted by molar-refractivity contribution is 0.469. The third-order valence-electron chi connectivity index (χ3n) is 3.19. The highest BCUT2D eigenvalue weighted by molar-refractivity contribution is 5.41. The number of phenols is 1. The Hall–Kier alpha value is -1.76. The average molecular weight is 226 g/mol. The van der Waals surface area contributed by atoms with Gasteiger partial charge in [0.15, 0.2) is 0 Å². The van der Waals surface area contributed by atoms with Crippen LogP contribution in [0.2, 0.25) is 0 Å². The molecule has 0 aromatic heterocycles. The van der Waals surface area contributed by atoms with Crippen molar-refractivity contribution >= 4 is 0 Å². The van der Waals surface area contributed by atoms with Gasteiger partial charge < -0.3 is 5.11 Å². The van der Waals surface area contributed by atoms with E-state index in [4.69, 9.17) is 0 Å². The van der Waals surface area contributed by atoms with Gasteiger partial charge in [0.2, 0.25) is 0 Å². The van der Waals surface area contributed by atoms with Crippen molar-refractivity contribution in [2.45, 2.75) is 26.7 Å². The molecule has 0 saturated heterocycles. The maximum Gasteiger partial charge on any atom is 0.119 e. The summed E-state index contributed by atoms with van der Waals surface area (Å²) in [4.78, 5) is 0. The SMILES string of the molecule is CCc1ccc(O)c(Cc2ccccc2C)c1. The quantitative estimate of drug-likeness (QED) is 0.842. The smallest absolute Gasteiger partial charge is 0.119 e. The van der Waals surface area contributed by atoms with Gasteiger partial charge in [-0.2, -0.15) is 0 Å². The maximum atomic E-state index is 9.88. The van der Waals surface area contributed by atoms with Crippen LogP contribution in [-0.2, 0) is 12.8 Å². The second-order valence-corrected chi connectivity index (χ2v) is 4.42. The molecule has 2 aromatic carbocycles. The highest BCUT2D eigenvalue weighted by Gasteiger charge is 2.05. The van der Waals surface area contributed by atoms with Gasteiger partial charge in [-0.1, -0.05) is 43.3 Å². The summed E-state index contributed by atoms with van der Waals surface area (Å²) in [7, 11) is 0. The minimum atomic E-state index is 0.394. The zero-order chi connectivity index (χ0) is 12.3. The van der Waals surface area contributed by atoms with Crippen LogP contribution >= 0.6 is 0 Å². The maximum absolute atomic E-state index is 9.88. The fraction of sp³-hybridized carbons (Fsp3) is 0.250. The summed E-state index contributed by atoms with van der Waals surface area (Å²) in [5, 5.41) is 9.88. The predicted molar refractivity (Wildman–Crippen MR) is 71.5 cm³/mol. The summed E-state index contributed by atoms with van der Waals surface area (Å²) in [5.41, 5.74) is 4.83. The van der Waals surface area contributed by atoms with Gasteiger partial charge in [-0.25, -0.2) is 0 Å². The van der Waals surface area contributed by atoms with Crippen molar-refractivity contribution in [3.63, 3.8) is 0 Å². The van der Waals surface area contributed by atoms with Gasteiger partial charge in [0.25, 0.3) is 0 Å². The molecule has 0 atom stereocenters. The van der Waals surface area contributed by atoms with Gasteiger partial charge >= 0.3 is 0 Å². The Kier molecular flexibility index (Phi) is 3.48. The van der Waals surface area contributed by atoms with E-state index in [1.54, 1.807) is 6.07 Å². The first kappa shape index (κ1) is 11.7. The molecule has 0 radical (unpaired) electrons. The second kappa shape index (κ2) is 5.05. The van der Waals surface area contributed by atoms with E-state index in [1.165, 1.54) is 16.7 Å². The fourth-order valence-corrected chi connectivity index (χ4v) is 2.01. The molecule has 2 aromatic rings. The van der Waals surface area contributed by atoms with E-state index >= 15 is 0 Å². The number of hydrogen-bond acceptors (Lipinski definition) is 1. The molecule has 0 bridgehead atoms. The van der Waals surface area contributed by atoms with E-state index in [2.05, 4.69) is 32.0 Å². The molecule has 0 aliphatic rings. The van der Waals surface area contributed by atoms with Crippen molar-refractivity contribution in [2.75, 3.05) is 0 Å². The van der Waals surface area contributed by atoms with Crippen molar-refractivity contribution in [2.24, 2.45) is 0 Å². The third kappa shape index (κ3) is 2.68. The van der Waals surface area contributed by atoms with Gasteiger partial charge in [-0.3, -0.25) is 0 Å². The Balaban J connectivity index is 2.32. The summed E-state index contributed by atoms with van der Waals surface area (Å²) in [5.74, 6) is 0.394. The Morgan fingerprint density at radius 2 is 1.76 bits per heavy atom. The van der Waals surface area contributed by atoms with Crippen molar-refractivity contribution < 1.29 is 5.11 Å². The van der Waals surface area contributed by atoms with Crippen molar-refractivity contribution in [3.05, 3.63) is 64.7 Å². The van der Waals surface area contributed by atoms with Crippen LogP contribution in [0.3, 0.4) is 0 Å². The third-order valence-corrected chi connectivity index (χ3v) is 3.19. The molecule has 88 valence electrons. The largest absolute Gasteiger partial charge is 0.508 e. The van der Waals surface area contributed by atoms with E-state index < -0.39 is 0 Å². The summed E-state index contributed by atoms with van der Waals surface area (Å²) in [6.07, 6.45) is 1.80. The van der Waals surface area contributed by atoms with Crippen molar-refractivity contribution in [1.82, 2.24) is 0 Å². The molecule has 0 aliphatic heterocycles. The Morgan fingerprint density at radius 3 is 2.47 bits per heavy atom. The topological polar surface area (TPSA) is 20.2 Å². The average Bonchev–Trinajstić information content (AvgIpc) is 2.35. The molecule has 0 fully saturated rings. The van der Waals surface area contributed by atoms with E-state index in [0.717, 1.165) is 18.4 Å². The molecular weight excluding hydrogens is 208 g/mol. The molecule has 0 heterocycles. The van der Waals surface area contributed by atoms with Gasteiger partial charge in [0.05, 0.1) is 0 Å². The first-order chi connectivity index (χ1) is 8.20. The van der Waals surface area contributed by atoms with E-state index in [-0.39, 0.29) is 0 Å². The monoisotopic (exact) mass is 226 g/mol. The zero-order valence-corrected chi connectivity index (χ0v) is 10.4. The lowest BCUT2D eigenvalue weighted by Crippen LogP contribution is -1.93. The standard InChI is InChI=1S/C16H18O/c1-3-13-8-9-16(17)15(10-13)11-14-7-5-4-6-12(14)2/h4-10,17H,3,11H2,1-2H3. The number of phenolic OH excluding ortho intramolecular Hbond substituents is 1. The molecule has 0 unspecified atom stereocenters. The lowest BCUT2D eigenvalue weighted by Gasteiger charge is -2.09. The lowest BCUT2D eigenvalue weighted by atomic mass is 9.98. The van der Waals surface area contributed by atoms with E-state index in [0.29, 0.717) is 5.75 Å². The molecule has 0 saturated carbocycles. The number of aryl methyl sites for hydroxylation is 2. The highest BCUT2D eigenvalue weighted by Crippen LogP contribution is 2.23. The minimum absolute atomic E-state index is 0.394. The molecule has 1 nitrogen and oxygen atoms in total. The highest BCUT2D eigenvalue weighted by atomic mass is 16.3. The Labute approximate surface area is 103 Å². The summed E-state index contributed by atoms with van der Waals surface area (Å²) >= 11 is 0. The number of hydrogen-bond donors (Lipinski definition) is 1. The molecule has 0 amide bonds. The van der Waals surface area contributed by atoms with E-state index in [1.807, 2.05) is 18.2 Å². The van der Waals surface area contributed by atoms with Crippen LogP contribution in [0.5, 0.6) is 5.75 Å². The van der Waals surface area contributed by atoms with Crippen LogP contribution in [-0.4, -0.2) is 5.11 Å². The first-order valence-electron chi connectivity index (χ1n) is 6.06. The summed E-state index contributed by atoms with van der Waals surface area (Å²) < 4.78 is 0. The van der Waals surface area contributed by atoms with Gasteiger partial charge in [-0.05, 0) is 41.7 Å². The molecule has 17 heavy (non-hydrogen) atoms. The van der Waals surface area contributed by atoms with Crippen LogP contribution in [0.25, 0.3) is 0 Å². The summed E-state index contributed by atoms with van der Waals surface area (Å²) in [6.45, 7) is 4.24.